The predicted octanol–water partition coefficient (Wildman–Crippen LogP) is 2.93. The van der Waals surface area contributed by atoms with Gasteiger partial charge in [0.25, 0.3) is 0 Å². The summed E-state index contributed by atoms with van der Waals surface area (Å²) in [6.07, 6.45) is 7.18. The van der Waals surface area contributed by atoms with E-state index in [0.29, 0.717) is 24.4 Å². The van der Waals surface area contributed by atoms with Crippen molar-refractivity contribution in [1.82, 2.24) is 9.21 Å². The quantitative estimate of drug-likeness (QED) is 0.695. The second-order valence-corrected chi connectivity index (χ2v) is 10.9. The summed E-state index contributed by atoms with van der Waals surface area (Å²) in [6.45, 7) is 4.67. The van der Waals surface area contributed by atoms with Crippen LogP contribution in [0.3, 0.4) is 0 Å². The van der Waals surface area contributed by atoms with Gasteiger partial charge in [-0.3, -0.25) is 9.59 Å². The molecule has 31 heavy (non-hydrogen) atoms. The minimum absolute atomic E-state index is 0.0162. The van der Waals surface area contributed by atoms with Crippen molar-refractivity contribution in [3.05, 3.63) is 23.8 Å². The number of carbonyl (C=O) groups is 2. The average molecular weight is 448 g/mol. The van der Waals surface area contributed by atoms with Crippen LogP contribution in [0.4, 0.5) is 5.69 Å². The highest BCUT2D eigenvalue weighted by molar-refractivity contribution is 7.89. The number of nitrogens with zero attached hydrogens (tertiary/aromatic N) is 3. The molecule has 1 aromatic carbocycles. The fraction of sp³-hybridized carbons (Fsp3) is 0.652. The van der Waals surface area contributed by atoms with E-state index in [1.54, 1.807) is 27.4 Å². The summed E-state index contributed by atoms with van der Waals surface area (Å²) in [6, 6.07) is 5.13. The van der Waals surface area contributed by atoms with Crippen LogP contribution >= 0.6 is 0 Å². The van der Waals surface area contributed by atoms with Gasteiger partial charge in [-0.05, 0) is 69.2 Å². The standard InChI is InChI=1S/C23H33N3O4S/c1-18-7-3-6-15-26(18)31(29,30)20-8-9-21-19(17-20)12-16-25(21)23(28)11-10-22(27)24-13-4-2-5-14-24/h8-9,17-18H,2-7,10-16H2,1H3/t18-/m1/s1. The van der Waals surface area contributed by atoms with Gasteiger partial charge in [0.2, 0.25) is 21.8 Å². The molecule has 0 saturated carbocycles. The van der Waals surface area contributed by atoms with Gasteiger partial charge in [0, 0.05) is 50.7 Å². The molecule has 4 rings (SSSR count). The van der Waals surface area contributed by atoms with Gasteiger partial charge in [0.15, 0.2) is 0 Å². The van der Waals surface area contributed by atoms with E-state index in [9.17, 15) is 18.0 Å². The lowest BCUT2D eigenvalue weighted by Gasteiger charge is -2.32. The van der Waals surface area contributed by atoms with Crippen molar-refractivity contribution in [2.24, 2.45) is 0 Å². The van der Waals surface area contributed by atoms with Crippen LogP contribution in [-0.2, 0) is 26.0 Å². The Kier molecular flexibility index (Phi) is 6.67. The molecule has 1 aromatic rings. The fourth-order valence-electron chi connectivity index (χ4n) is 5.01. The average Bonchev–Trinajstić information content (AvgIpc) is 3.21. The molecule has 0 bridgehead atoms. The number of piperidine rings is 2. The van der Waals surface area contributed by atoms with E-state index in [-0.39, 0.29) is 30.7 Å². The molecule has 3 heterocycles. The van der Waals surface area contributed by atoms with Crippen molar-refractivity contribution in [2.75, 3.05) is 31.1 Å². The van der Waals surface area contributed by atoms with Gasteiger partial charge in [-0.2, -0.15) is 4.31 Å². The minimum Gasteiger partial charge on any atom is -0.343 e. The van der Waals surface area contributed by atoms with E-state index < -0.39 is 10.0 Å². The van der Waals surface area contributed by atoms with E-state index >= 15 is 0 Å². The van der Waals surface area contributed by atoms with E-state index in [0.717, 1.165) is 56.4 Å². The maximum absolute atomic E-state index is 13.1. The monoisotopic (exact) mass is 447 g/mol. The Hall–Kier alpha value is -1.93. The Morgan fingerprint density at radius 1 is 0.935 bits per heavy atom. The lowest BCUT2D eigenvalue weighted by atomic mass is 10.1. The van der Waals surface area contributed by atoms with Crippen molar-refractivity contribution >= 4 is 27.5 Å². The number of anilines is 1. The van der Waals surface area contributed by atoms with Gasteiger partial charge in [-0.15, -0.1) is 0 Å². The zero-order chi connectivity index (χ0) is 22.0. The Morgan fingerprint density at radius 3 is 2.39 bits per heavy atom. The molecular formula is C23H33N3O4S. The van der Waals surface area contributed by atoms with Gasteiger partial charge >= 0.3 is 0 Å². The maximum atomic E-state index is 13.1. The summed E-state index contributed by atoms with van der Waals surface area (Å²) in [7, 11) is -3.52. The van der Waals surface area contributed by atoms with Gasteiger partial charge in [-0.25, -0.2) is 8.42 Å². The Bertz CT molecular complexity index is 940. The second kappa shape index (κ2) is 9.28. The van der Waals surface area contributed by atoms with Crippen LogP contribution in [0.2, 0.25) is 0 Å². The third-order valence-corrected chi connectivity index (χ3v) is 8.87. The molecule has 0 spiro atoms. The molecule has 0 unspecified atom stereocenters. The molecule has 3 aliphatic rings. The SMILES string of the molecule is C[C@@H]1CCCCN1S(=O)(=O)c1ccc2c(c1)CCN2C(=O)CCC(=O)N1CCCCC1. The first kappa shape index (κ1) is 22.3. The number of fused-ring (bicyclic) bond motifs is 1. The Morgan fingerprint density at radius 2 is 1.65 bits per heavy atom. The first-order chi connectivity index (χ1) is 14.9. The first-order valence-corrected chi connectivity index (χ1v) is 13.0. The van der Waals surface area contributed by atoms with Crippen LogP contribution < -0.4 is 4.90 Å². The molecular weight excluding hydrogens is 414 g/mol. The maximum Gasteiger partial charge on any atom is 0.243 e. The smallest absolute Gasteiger partial charge is 0.243 e. The summed E-state index contributed by atoms with van der Waals surface area (Å²) in [4.78, 5) is 29.1. The van der Waals surface area contributed by atoms with Gasteiger partial charge in [-0.1, -0.05) is 6.42 Å². The van der Waals surface area contributed by atoms with Crippen LogP contribution in [0.1, 0.15) is 63.9 Å². The topological polar surface area (TPSA) is 78.0 Å². The summed E-state index contributed by atoms with van der Waals surface area (Å²) >= 11 is 0. The van der Waals surface area contributed by atoms with E-state index in [1.165, 1.54) is 6.42 Å². The molecule has 8 heteroatoms. The van der Waals surface area contributed by atoms with Crippen molar-refractivity contribution in [3.8, 4) is 0 Å². The fourth-order valence-corrected chi connectivity index (χ4v) is 6.76. The molecule has 2 amide bonds. The zero-order valence-corrected chi connectivity index (χ0v) is 19.2. The number of hydrogen-bond acceptors (Lipinski definition) is 4. The van der Waals surface area contributed by atoms with Crippen molar-refractivity contribution < 1.29 is 18.0 Å². The van der Waals surface area contributed by atoms with Crippen LogP contribution in [0, 0.1) is 0 Å². The number of carbonyl (C=O) groups excluding carboxylic acids is 2. The van der Waals surface area contributed by atoms with Crippen LogP contribution in [0.25, 0.3) is 0 Å². The van der Waals surface area contributed by atoms with Crippen LogP contribution in [-0.4, -0.2) is 61.7 Å². The van der Waals surface area contributed by atoms with E-state index in [2.05, 4.69) is 0 Å². The molecule has 0 radical (unpaired) electrons. The van der Waals surface area contributed by atoms with Crippen molar-refractivity contribution in [1.29, 1.82) is 0 Å². The summed E-state index contributed by atoms with van der Waals surface area (Å²) in [5, 5.41) is 0. The third kappa shape index (κ3) is 4.65. The molecule has 2 saturated heterocycles. The number of benzene rings is 1. The number of hydrogen-bond donors (Lipinski definition) is 0. The van der Waals surface area contributed by atoms with Crippen LogP contribution in [0.5, 0.6) is 0 Å². The number of likely N-dealkylation sites (tertiary alicyclic amines) is 1. The molecule has 3 aliphatic heterocycles. The van der Waals surface area contributed by atoms with Gasteiger partial charge in [0.05, 0.1) is 4.90 Å². The van der Waals surface area contributed by atoms with E-state index in [1.807, 2.05) is 11.8 Å². The molecule has 7 nitrogen and oxygen atoms in total. The zero-order valence-electron chi connectivity index (χ0n) is 18.4. The largest absolute Gasteiger partial charge is 0.343 e. The first-order valence-electron chi connectivity index (χ1n) is 11.6. The second-order valence-electron chi connectivity index (χ2n) is 8.99. The predicted molar refractivity (Wildman–Crippen MR) is 119 cm³/mol. The summed E-state index contributed by atoms with van der Waals surface area (Å²) in [5.74, 6) is -0.00562. The number of amides is 2. The van der Waals surface area contributed by atoms with Crippen LogP contribution in [0.15, 0.2) is 23.1 Å². The highest BCUT2D eigenvalue weighted by Crippen LogP contribution is 2.33. The number of rotatable bonds is 5. The van der Waals surface area contributed by atoms with Crippen molar-refractivity contribution in [3.63, 3.8) is 0 Å². The molecule has 2 fully saturated rings. The third-order valence-electron chi connectivity index (χ3n) is 6.86. The Balaban J connectivity index is 1.42. The lowest BCUT2D eigenvalue weighted by Crippen LogP contribution is -2.41. The molecule has 0 aliphatic carbocycles. The lowest BCUT2D eigenvalue weighted by molar-refractivity contribution is -0.133. The number of sulfonamides is 1. The summed E-state index contributed by atoms with van der Waals surface area (Å²) in [5.41, 5.74) is 1.67. The Labute approximate surface area is 185 Å². The van der Waals surface area contributed by atoms with E-state index in [4.69, 9.17) is 0 Å². The van der Waals surface area contributed by atoms with Gasteiger partial charge in [0.1, 0.15) is 0 Å². The van der Waals surface area contributed by atoms with Crippen molar-refractivity contribution in [2.45, 2.75) is 75.6 Å². The molecule has 1 atom stereocenters. The normalized spacial score (nSPS) is 22.4. The highest BCUT2D eigenvalue weighted by Gasteiger charge is 2.33. The minimum atomic E-state index is -3.52. The summed E-state index contributed by atoms with van der Waals surface area (Å²) < 4.78 is 27.9. The molecule has 170 valence electrons. The highest BCUT2D eigenvalue weighted by atomic mass is 32.2. The molecule has 0 N–H and O–H groups in total. The van der Waals surface area contributed by atoms with Gasteiger partial charge < -0.3 is 9.80 Å². The molecule has 0 aromatic heterocycles.